The number of nitrogens with zero attached hydrogens (tertiary/aromatic N) is 2. The molecule has 2 nitrogen and oxygen atoms in total. The van der Waals surface area contributed by atoms with Gasteiger partial charge in [0.05, 0.1) is 5.69 Å². The minimum atomic E-state index is -0.216. The third-order valence-corrected chi connectivity index (χ3v) is 5.05. The van der Waals surface area contributed by atoms with Gasteiger partial charge in [0.1, 0.15) is 11.5 Å². The first-order valence-corrected chi connectivity index (χ1v) is 8.47. The number of fused-ring (bicyclic) bond motifs is 1. The molecule has 0 spiro atoms. The van der Waals surface area contributed by atoms with Crippen LogP contribution in [-0.2, 0) is 0 Å². The maximum absolute atomic E-state index is 14.1. The number of halogens is 1. The van der Waals surface area contributed by atoms with Gasteiger partial charge in [-0.05, 0) is 49.4 Å². The number of imidazole rings is 1. The average molecular weight is 308 g/mol. The highest BCUT2D eigenvalue weighted by atomic mass is 19.1. The van der Waals surface area contributed by atoms with E-state index in [1.165, 1.54) is 49.3 Å². The molecule has 2 aromatic heterocycles. The Labute approximate surface area is 136 Å². The Kier molecular flexibility index (Phi) is 3.64. The first-order chi connectivity index (χ1) is 11.2. The molecule has 0 atom stereocenters. The predicted molar refractivity (Wildman–Crippen MR) is 91.1 cm³/mol. The molecule has 3 heteroatoms. The Morgan fingerprint density at radius 1 is 1.09 bits per heavy atom. The van der Waals surface area contributed by atoms with E-state index in [1.807, 2.05) is 18.5 Å². The standard InChI is InChI=1S/C20H21FN2/c1-14-11-12-23-13-18(16-9-5-6-10-17(16)21)22-20(23)19(14)15-7-3-2-4-8-15/h5-6,9-13,15H,2-4,7-8H2,1H3. The molecule has 0 unspecified atom stereocenters. The fourth-order valence-corrected chi connectivity index (χ4v) is 3.86. The van der Waals surface area contributed by atoms with E-state index >= 15 is 0 Å². The normalized spacial score (nSPS) is 16.1. The van der Waals surface area contributed by atoms with Gasteiger partial charge >= 0.3 is 0 Å². The van der Waals surface area contributed by atoms with E-state index in [1.54, 1.807) is 12.1 Å². The van der Waals surface area contributed by atoms with Crippen LogP contribution < -0.4 is 0 Å². The topological polar surface area (TPSA) is 17.3 Å². The van der Waals surface area contributed by atoms with Gasteiger partial charge in [-0.2, -0.15) is 0 Å². The summed E-state index contributed by atoms with van der Waals surface area (Å²) in [6, 6.07) is 9.02. The van der Waals surface area contributed by atoms with E-state index in [0.717, 1.165) is 5.65 Å². The Morgan fingerprint density at radius 2 is 1.87 bits per heavy atom. The molecule has 3 aromatic rings. The fraction of sp³-hybridized carbons (Fsp3) is 0.350. The molecule has 0 N–H and O–H groups in total. The third kappa shape index (κ3) is 2.54. The zero-order valence-corrected chi connectivity index (χ0v) is 13.4. The maximum atomic E-state index is 14.1. The summed E-state index contributed by atoms with van der Waals surface area (Å²) in [6.07, 6.45) is 10.4. The molecule has 0 radical (unpaired) electrons. The molecule has 23 heavy (non-hydrogen) atoms. The van der Waals surface area contributed by atoms with Crippen LogP contribution in [0.1, 0.15) is 49.1 Å². The summed E-state index contributed by atoms with van der Waals surface area (Å²) < 4.78 is 16.1. The number of pyridine rings is 1. The summed E-state index contributed by atoms with van der Waals surface area (Å²) in [5.74, 6) is 0.371. The minimum Gasteiger partial charge on any atom is -0.306 e. The molecule has 1 aliphatic rings. The van der Waals surface area contributed by atoms with Crippen molar-refractivity contribution >= 4 is 5.65 Å². The average Bonchev–Trinajstić information content (AvgIpc) is 2.99. The second-order valence-corrected chi connectivity index (χ2v) is 6.58. The van der Waals surface area contributed by atoms with Gasteiger partial charge in [-0.3, -0.25) is 0 Å². The van der Waals surface area contributed by atoms with Crippen LogP contribution in [0.5, 0.6) is 0 Å². The molecular formula is C20H21FN2. The molecule has 4 rings (SSSR count). The van der Waals surface area contributed by atoms with E-state index in [2.05, 4.69) is 17.4 Å². The van der Waals surface area contributed by atoms with Crippen molar-refractivity contribution in [1.29, 1.82) is 0 Å². The van der Waals surface area contributed by atoms with Gasteiger partial charge in [-0.25, -0.2) is 9.37 Å². The van der Waals surface area contributed by atoms with Gasteiger partial charge in [-0.15, -0.1) is 0 Å². The molecule has 0 saturated heterocycles. The molecule has 1 aliphatic carbocycles. The van der Waals surface area contributed by atoms with Crippen LogP contribution in [-0.4, -0.2) is 9.38 Å². The molecule has 1 saturated carbocycles. The van der Waals surface area contributed by atoms with E-state index in [0.29, 0.717) is 17.2 Å². The number of aromatic nitrogens is 2. The summed E-state index contributed by atoms with van der Waals surface area (Å²) in [5, 5.41) is 0. The number of hydrogen-bond acceptors (Lipinski definition) is 1. The van der Waals surface area contributed by atoms with Crippen LogP contribution in [0.4, 0.5) is 4.39 Å². The highest BCUT2D eigenvalue weighted by Crippen LogP contribution is 2.37. The smallest absolute Gasteiger partial charge is 0.141 e. The largest absolute Gasteiger partial charge is 0.306 e. The monoisotopic (exact) mass is 308 g/mol. The number of hydrogen-bond donors (Lipinski definition) is 0. The van der Waals surface area contributed by atoms with Crippen LogP contribution >= 0.6 is 0 Å². The molecule has 0 bridgehead atoms. The van der Waals surface area contributed by atoms with Crippen molar-refractivity contribution in [2.75, 3.05) is 0 Å². The van der Waals surface area contributed by atoms with Gasteiger partial charge in [0.25, 0.3) is 0 Å². The van der Waals surface area contributed by atoms with Crippen LogP contribution in [0.25, 0.3) is 16.9 Å². The maximum Gasteiger partial charge on any atom is 0.141 e. The van der Waals surface area contributed by atoms with Crippen molar-refractivity contribution in [3.8, 4) is 11.3 Å². The zero-order chi connectivity index (χ0) is 15.8. The van der Waals surface area contributed by atoms with Gasteiger partial charge in [0.2, 0.25) is 0 Å². The number of benzene rings is 1. The third-order valence-electron chi connectivity index (χ3n) is 5.05. The lowest BCUT2D eigenvalue weighted by Gasteiger charge is -2.23. The SMILES string of the molecule is Cc1ccn2cc(-c3ccccc3F)nc2c1C1CCCCC1. The fourth-order valence-electron chi connectivity index (χ4n) is 3.86. The number of rotatable bonds is 2. The van der Waals surface area contributed by atoms with Crippen LogP contribution in [0, 0.1) is 12.7 Å². The summed E-state index contributed by atoms with van der Waals surface area (Å²) in [5.41, 5.74) is 4.94. The predicted octanol–water partition coefficient (Wildman–Crippen LogP) is 5.50. The van der Waals surface area contributed by atoms with E-state index in [4.69, 9.17) is 4.98 Å². The van der Waals surface area contributed by atoms with Gasteiger partial charge < -0.3 is 4.40 Å². The molecule has 118 valence electrons. The Morgan fingerprint density at radius 3 is 2.65 bits per heavy atom. The molecule has 0 aliphatic heterocycles. The quantitative estimate of drug-likeness (QED) is 0.611. The Bertz CT molecular complexity index is 844. The van der Waals surface area contributed by atoms with Crippen molar-refractivity contribution in [3.63, 3.8) is 0 Å². The van der Waals surface area contributed by atoms with Crippen molar-refractivity contribution < 1.29 is 4.39 Å². The summed E-state index contributed by atoms with van der Waals surface area (Å²) >= 11 is 0. The molecule has 2 heterocycles. The van der Waals surface area contributed by atoms with Crippen molar-refractivity contribution in [2.24, 2.45) is 0 Å². The lowest BCUT2D eigenvalue weighted by Crippen LogP contribution is -2.08. The van der Waals surface area contributed by atoms with Crippen LogP contribution in [0.3, 0.4) is 0 Å². The molecule has 1 aromatic carbocycles. The lowest BCUT2D eigenvalue weighted by atomic mass is 9.83. The zero-order valence-electron chi connectivity index (χ0n) is 13.4. The highest BCUT2D eigenvalue weighted by Gasteiger charge is 2.21. The van der Waals surface area contributed by atoms with Crippen LogP contribution in [0.2, 0.25) is 0 Å². The molecule has 0 amide bonds. The van der Waals surface area contributed by atoms with E-state index in [-0.39, 0.29) is 5.82 Å². The first kappa shape index (κ1) is 14.4. The van der Waals surface area contributed by atoms with Crippen molar-refractivity contribution in [1.82, 2.24) is 9.38 Å². The number of aryl methyl sites for hydroxylation is 1. The minimum absolute atomic E-state index is 0.216. The Balaban J connectivity index is 1.87. The lowest BCUT2D eigenvalue weighted by molar-refractivity contribution is 0.443. The second kappa shape index (κ2) is 5.80. The van der Waals surface area contributed by atoms with Crippen molar-refractivity contribution in [3.05, 3.63) is 59.7 Å². The highest BCUT2D eigenvalue weighted by molar-refractivity contribution is 5.66. The molecular weight excluding hydrogens is 287 g/mol. The molecule has 1 fully saturated rings. The van der Waals surface area contributed by atoms with Gasteiger partial charge in [0, 0.05) is 23.5 Å². The van der Waals surface area contributed by atoms with E-state index < -0.39 is 0 Å². The Hall–Kier alpha value is -2.16. The summed E-state index contributed by atoms with van der Waals surface area (Å²) in [4.78, 5) is 4.80. The van der Waals surface area contributed by atoms with Gasteiger partial charge in [0.15, 0.2) is 0 Å². The van der Waals surface area contributed by atoms with E-state index in [9.17, 15) is 4.39 Å². The van der Waals surface area contributed by atoms with Crippen molar-refractivity contribution in [2.45, 2.75) is 44.9 Å². The second-order valence-electron chi connectivity index (χ2n) is 6.58. The first-order valence-electron chi connectivity index (χ1n) is 8.47. The van der Waals surface area contributed by atoms with Gasteiger partial charge in [-0.1, -0.05) is 31.4 Å². The summed E-state index contributed by atoms with van der Waals surface area (Å²) in [7, 11) is 0. The van der Waals surface area contributed by atoms with Crippen LogP contribution in [0.15, 0.2) is 42.7 Å². The summed E-state index contributed by atoms with van der Waals surface area (Å²) in [6.45, 7) is 2.17.